The van der Waals surface area contributed by atoms with Crippen molar-refractivity contribution in [1.29, 1.82) is 0 Å². The van der Waals surface area contributed by atoms with Gasteiger partial charge >= 0.3 is 0 Å². The average Bonchev–Trinajstić information content (AvgIpc) is 2.24. The van der Waals surface area contributed by atoms with Gasteiger partial charge in [-0.05, 0) is 24.6 Å². The fraction of sp³-hybridized carbons (Fsp3) is 0.364. The summed E-state index contributed by atoms with van der Waals surface area (Å²) >= 11 is 5.82. The smallest absolute Gasteiger partial charge is 0.250 e. The number of benzene rings is 1. The summed E-state index contributed by atoms with van der Waals surface area (Å²) in [5, 5.41) is 3.09. The second-order valence-corrected chi connectivity index (χ2v) is 3.74. The minimum Gasteiger partial charge on any atom is -0.398 e. The molecule has 4 nitrogen and oxygen atoms in total. The predicted octanol–water partition coefficient (Wildman–Crippen LogP) is 2.29. The second kappa shape index (κ2) is 6.35. The van der Waals surface area contributed by atoms with Crippen LogP contribution in [0.25, 0.3) is 0 Å². The molecule has 0 bridgehead atoms. The number of amides is 1. The van der Waals surface area contributed by atoms with Gasteiger partial charge in [0, 0.05) is 12.3 Å². The lowest BCUT2D eigenvalue weighted by Crippen LogP contribution is -2.18. The van der Waals surface area contributed by atoms with Crippen LogP contribution in [0.3, 0.4) is 0 Å². The summed E-state index contributed by atoms with van der Waals surface area (Å²) in [6.07, 6.45) is 0.890. The Kier molecular flexibility index (Phi) is 5.08. The Balaban J connectivity index is 2.46. The van der Waals surface area contributed by atoms with Crippen LogP contribution < -0.4 is 11.1 Å². The Morgan fingerprint density at radius 3 is 2.94 bits per heavy atom. The highest BCUT2D eigenvalue weighted by Gasteiger charge is 2.03. The van der Waals surface area contributed by atoms with Gasteiger partial charge in [-0.2, -0.15) is 0 Å². The number of halogens is 1. The van der Waals surface area contributed by atoms with Gasteiger partial charge < -0.3 is 15.8 Å². The van der Waals surface area contributed by atoms with E-state index in [0.29, 0.717) is 23.0 Å². The molecule has 0 fully saturated rings. The molecule has 0 atom stereocenters. The molecule has 0 heterocycles. The number of ether oxygens (including phenoxy) is 1. The third-order valence-corrected chi connectivity index (χ3v) is 2.19. The van der Waals surface area contributed by atoms with E-state index in [9.17, 15) is 4.79 Å². The molecule has 0 unspecified atom stereocenters. The first kappa shape index (κ1) is 12.8. The van der Waals surface area contributed by atoms with E-state index >= 15 is 0 Å². The van der Waals surface area contributed by atoms with Crippen LogP contribution in [0.5, 0.6) is 0 Å². The van der Waals surface area contributed by atoms with Gasteiger partial charge in [0.15, 0.2) is 0 Å². The van der Waals surface area contributed by atoms with Crippen LogP contribution in [0.15, 0.2) is 18.2 Å². The number of rotatable bonds is 5. The number of anilines is 2. The first-order valence-electron chi connectivity index (χ1n) is 5.06. The fourth-order valence-electron chi connectivity index (χ4n) is 1.11. The molecule has 0 aromatic heterocycles. The zero-order valence-corrected chi connectivity index (χ0v) is 9.88. The lowest BCUT2D eigenvalue weighted by molar-refractivity contribution is -0.120. The van der Waals surface area contributed by atoms with Gasteiger partial charge in [-0.1, -0.05) is 18.5 Å². The maximum Gasteiger partial charge on any atom is 0.250 e. The molecular weight excluding hydrogens is 228 g/mol. The number of carbonyl (C=O) groups excluding carboxylic acids is 1. The monoisotopic (exact) mass is 242 g/mol. The summed E-state index contributed by atoms with van der Waals surface area (Å²) < 4.78 is 5.10. The van der Waals surface area contributed by atoms with Crippen molar-refractivity contribution in [2.75, 3.05) is 24.3 Å². The Bertz CT molecular complexity index is 369. The van der Waals surface area contributed by atoms with Crippen molar-refractivity contribution < 1.29 is 9.53 Å². The van der Waals surface area contributed by atoms with Gasteiger partial charge in [0.25, 0.3) is 0 Å². The van der Waals surface area contributed by atoms with Gasteiger partial charge in [0.05, 0.1) is 10.7 Å². The van der Waals surface area contributed by atoms with E-state index < -0.39 is 0 Å². The lowest BCUT2D eigenvalue weighted by Gasteiger charge is -2.06. The largest absolute Gasteiger partial charge is 0.398 e. The number of nitrogens with two attached hydrogens (primary N) is 1. The van der Waals surface area contributed by atoms with Crippen LogP contribution in [0.1, 0.15) is 13.3 Å². The van der Waals surface area contributed by atoms with Crippen molar-refractivity contribution in [3.8, 4) is 0 Å². The third-order valence-electron chi connectivity index (χ3n) is 1.87. The van der Waals surface area contributed by atoms with Crippen LogP contribution in [0, 0.1) is 0 Å². The standard InChI is InChI=1S/C11H15ClN2O2/c1-2-5-16-7-11(15)14-8-3-4-10(13)9(12)6-8/h3-4,6H,2,5,7,13H2,1H3,(H,14,15). The van der Waals surface area contributed by atoms with Crippen molar-refractivity contribution in [3.63, 3.8) is 0 Å². The minimum absolute atomic E-state index is 0.0514. The maximum atomic E-state index is 11.4. The molecule has 16 heavy (non-hydrogen) atoms. The molecule has 0 saturated carbocycles. The Morgan fingerprint density at radius 1 is 1.56 bits per heavy atom. The maximum absolute atomic E-state index is 11.4. The Hall–Kier alpha value is -1.26. The van der Waals surface area contributed by atoms with Crippen molar-refractivity contribution in [2.45, 2.75) is 13.3 Å². The summed E-state index contributed by atoms with van der Waals surface area (Å²) in [7, 11) is 0. The normalized spacial score (nSPS) is 10.1. The first-order valence-corrected chi connectivity index (χ1v) is 5.44. The van der Waals surface area contributed by atoms with Gasteiger partial charge in [0.1, 0.15) is 6.61 Å². The molecule has 1 aromatic carbocycles. The lowest BCUT2D eigenvalue weighted by atomic mass is 10.3. The number of hydrogen-bond acceptors (Lipinski definition) is 3. The van der Waals surface area contributed by atoms with Gasteiger partial charge in [-0.15, -0.1) is 0 Å². The van der Waals surface area contributed by atoms with Crippen molar-refractivity contribution in [3.05, 3.63) is 23.2 Å². The zero-order chi connectivity index (χ0) is 12.0. The average molecular weight is 243 g/mol. The van der Waals surface area contributed by atoms with E-state index in [0.717, 1.165) is 6.42 Å². The Labute approximate surface area is 99.7 Å². The van der Waals surface area contributed by atoms with E-state index in [1.165, 1.54) is 0 Å². The highest BCUT2D eigenvalue weighted by molar-refractivity contribution is 6.33. The topological polar surface area (TPSA) is 64.3 Å². The van der Waals surface area contributed by atoms with Crippen molar-refractivity contribution in [2.24, 2.45) is 0 Å². The summed E-state index contributed by atoms with van der Waals surface area (Å²) in [6, 6.07) is 4.94. The molecule has 1 amide bonds. The Morgan fingerprint density at radius 2 is 2.31 bits per heavy atom. The molecule has 0 aliphatic heterocycles. The molecule has 88 valence electrons. The quantitative estimate of drug-likeness (QED) is 0.615. The molecule has 0 saturated heterocycles. The molecule has 3 N–H and O–H groups in total. The summed E-state index contributed by atoms with van der Waals surface area (Å²) in [5.41, 5.74) is 6.65. The zero-order valence-electron chi connectivity index (χ0n) is 9.13. The van der Waals surface area contributed by atoms with E-state index in [1.807, 2.05) is 6.92 Å². The number of nitrogens with one attached hydrogen (secondary N) is 1. The molecule has 5 heteroatoms. The van der Waals surface area contributed by atoms with Gasteiger partial charge in [0.2, 0.25) is 5.91 Å². The van der Waals surface area contributed by atoms with Crippen LogP contribution >= 0.6 is 11.6 Å². The van der Waals surface area contributed by atoms with Crippen LogP contribution in [0.4, 0.5) is 11.4 Å². The molecule has 0 aliphatic rings. The molecule has 1 aromatic rings. The number of carbonyl (C=O) groups is 1. The highest BCUT2D eigenvalue weighted by Crippen LogP contribution is 2.22. The van der Waals surface area contributed by atoms with Crippen molar-refractivity contribution in [1.82, 2.24) is 0 Å². The number of nitrogen functional groups attached to an aromatic ring is 1. The third kappa shape index (κ3) is 4.08. The van der Waals surface area contributed by atoms with Gasteiger partial charge in [-0.25, -0.2) is 0 Å². The summed E-state index contributed by atoms with van der Waals surface area (Å²) in [5.74, 6) is -0.200. The van der Waals surface area contributed by atoms with Crippen LogP contribution in [-0.2, 0) is 9.53 Å². The van der Waals surface area contributed by atoms with E-state index in [-0.39, 0.29) is 12.5 Å². The molecule has 0 aliphatic carbocycles. The van der Waals surface area contributed by atoms with Gasteiger partial charge in [-0.3, -0.25) is 4.79 Å². The summed E-state index contributed by atoms with van der Waals surface area (Å²) in [4.78, 5) is 11.4. The summed E-state index contributed by atoms with van der Waals surface area (Å²) in [6.45, 7) is 2.61. The SMILES string of the molecule is CCCOCC(=O)Nc1ccc(N)c(Cl)c1. The molecule has 1 rings (SSSR count). The highest BCUT2D eigenvalue weighted by atomic mass is 35.5. The number of hydrogen-bond donors (Lipinski definition) is 2. The molecule has 0 radical (unpaired) electrons. The van der Waals surface area contributed by atoms with E-state index in [2.05, 4.69) is 5.32 Å². The van der Waals surface area contributed by atoms with Crippen LogP contribution in [-0.4, -0.2) is 19.1 Å². The molecule has 0 spiro atoms. The molecular formula is C11H15ClN2O2. The van der Waals surface area contributed by atoms with E-state index in [4.69, 9.17) is 22.1 Å². The minimum atomic E-state index is -0.200. The van der Waals surface area contributed by atoms with E-state index in [1.54, 1.807) is 18.2 Å². The van der Waals surface area contributed by atoms with Crippen molar-refractivity contribution >= 4 is 28.9 Å². The fourth-order valence-corrected chi connectivity index (χ4v) is 1.29. The second-order valence-electron chi connectivity index (χ2n) is 3.34. The first-order chi connectivity index (χ1) is 7.63. The predicted molar refractivity (Wildman–Crippen MR) is 65.6 cm³/mol. The van der Waals surface area contributed by atoms with Crippen LogP contribution in [0.2, 0.25) is 5.02 Å².